The molecule has 5 heteroatoms. The molecule has 2 N–H and O–H groups in total. The third-order valence-electron chi connectivity index (χ3n) is 3.99. The van der Waals surface area contributed by atoms with Gasteiger partial charge >= 0.3 is 0 Å². The number of carbonyl (C=O) groups excluding carboxylic acids is 1. The maximum Gasteiger partial charge on any atom is 0.171 e. The van der Waals surface area contributed by atoms with Crippen LogP contribution in [0.4, 0.5) is 10.7 Å². The molecule has 1 aliphatic heterocycles. The van der Waals surface area contributed by atoms with Crippen molar-refractivity contribution in [3.05, 3.63) is 10.4 Å². The first-order chi connectivity index (χ1) is 9.35. The summed E-state index contributed by atoms with van der Waals surface area (Å²) in [4.78, 5) is 14.3. The maximum absolute atomic E-state index is 11.6. The monoisotopic (exact) mass is 291 g/mol. The predicted octanol–water partition coefficient (Wildman–Crippen LogP) is 3.42. The number of anilines is 2. The Kier molecular flexibility index (Phi) is 4.05. The van der Waals surface area contributed by atoms with E-state index in [2.05, 4.69) is 24.8 Å². The molecule has 0 spiro atoms. The van der Waals surface area contributed by atoms with Crippen LogP contribution in [0.25, 0.3) is 0 Å². The van der Waals surface area contributed by atoms with Gasteiger partial charge in [0.15, 0.2) is 5.78 Å². The van der Waals surface area contributed by atoms with Crippen molar-refractivity contribution in [2.45, 2.75) is 40.0 Å². The zero-order valence-corrected chi connectivity index (χ0v) is 13.1. The Morgan fingerprint density at radius 2 is 2.10 bits per heavy atom. The molecule has 0 radical (unpaired) electrons. The molecule has 1 aliphatic rings. The summed E-state index contributed by atoms with van der Waals surface area (Å²) in [5.41, 5.74) is 7.12. The van der Waals surface area contributed by atoms with Crippen LogP contribution in [0.15, 0.2) is 0 Å². The molecule has 2 rings (SSSR count). The van der Waals surface area contributed by atoms with E-state index in [0.717, 1.165) is 30.9 Å². The van der Waals surface area contributed by atoms with Gasteiger partial charge in [0.25, 0.3) is 0 Å². The SMILES string of the molecule is CC(=O)c1sc(N2CCCC(C)(C)CC2)c(C#N)c1N. The summed E-state index contributed by atoms with van der Waals surface area (Å²) >= 11 is 1.36. The van der Waals surface area contributed by atoms with Crippen LogP contribution in [-0.2, 0) is 0 Å². The molecular weight excluding hydrogens is 270 g/mol. The minimum Gasteiger partial charge on any atom is -0.396 e. The first-order valence-electron chi connectivity index (χ1n) is 6.94. The number of rotatable bonds is 2. The van der Waals surface area contributed by atoms with Crippen molar-refractivity contribution in [1.29, 1.82) is 5.26 Å². The van der Waals surface area contributed by atoms with Gasteiger partial charge in [-0.3, -0.25) is 4.79 Å². The van der Waals surface area contributed by atoms with Gasteiger partial charge in [-0.15, -0.1) is 11.3 Å². The van der Waals surface area contributed by atoms with Gasteiger partial charge < -0.3 is 10.6 Å². The number of hydrogen-bond donors (Lipinski definition) is 1. The summed E-state index contributed by atoms with van der Waals surface area (Å²) in [6.07, 6.45) is 3.38. The highest BCUT2D eigenvalue weighted by atomic mass is 32.1. The summed E-state index contributed by atoms with van der Waals surface area (Å²) in [5, 5.41) is 10.2. The first kappa shape index (κ1) is 14.9. The molecule has 0 amide bonds. The molecule has 0 aromatic carbocycles. The van der Waals surface area contributed by atoms with E-state index in [1.807, 2.05) is 0 Å². The van der Waals surface area contributed by atoms with Gasteiger partial charge in [-0.2, -0.15) is 5.26 Å². The molecule has 4 nitrogen and oxygen atoms in total. The maximum atomic E-state index is 11.6. The number of ketones is 1. The Morgan fingerprint density at radius 3 is 2.70 bits per heavy atom. The Labute approximate surface area is 124 Å². The quantitative estimate of drug-likeness (QED) is 0.848. The van der Waals surface area contributed by atoms with E-state index in [1.54, 1.807) is 0 Å². The number of nitrogens with zero attached hydrogens (tertiary/aromatic N) is 2. The zero-order valence-electron chi connectivity index (χ0n) is 12.3. The second-order valence-corrected chi connectivity index (χ2v) is 7.20. The zero-order chi connectivity index (χ0) is 14.9. The number of nitriles is 1. The lowest BCUT2D eigenvalue weighted by Crippen LogP contribution is -2.24. The Balaban J connectivity index is 2.35. The lowest BCUT2D eigenvalue weighted by Gasteiger charge is -2.24. The molecule has 1 saturated heterocycles. The largest absolute Gasteiger partial charge is 0.396 e. The first-order valence-corrected chi connectivity index (χ1v) is 7.75. The highest BCUT2D eigenvalue weighted by molar-refractivity contribution is 7.19. The molecule has 1 fully saturated rings. The summed E-state index contributed by atoms with van der Waals surface area (Å²) in [5.74, 6) is -0.0644. The van der Waals surface area contributed by atoms with Crippen molar-refractivity contribution >= 4 is 27.8 Å². The Bertz CT molecular complexity index is 568. The summed E-state index contributed by atoms with van der Waals surface area (Å²) in [6, 6.07) is 2.17. The van der Waals surface area contributed by atoms with Crippen LogP contribution in [0.3, 0.4) is 0 Å². The Hall–Kier alpha value is -1.54. The molecule has 108 valence electrons. The third kappa shape index (κ3) is 2.80. The van der Waals surface area contributed by atoms with Crippen molar-refractivity contribution in [3.8, 4) is 6.07 Å². The number of nitrogen functional groups attached to an aromatic ring is 1. The molecule has 0 aliphatic carbocycles. The van der Waals surface area contributed by atoms with Crippen molar-refractivity contribution in [2.24, 2.45) is 5.41 Å². The fraction of sp³-hybridized carbons (Fsp3) is 0.600. The second kappa shape index (κ2) is 5.45. The van der Waals surface area contributed by atoms with Crippen molar-refractivity contribution in [1.82, 2.24) is 0 Å². The van der Waals surface area contributed by atoms with E-state index in [-0.39, 0.29) is 5.78 Å². The minimum absolute atomic E-state index is 0.0644. The fourth-order valence-corrected chi connectivity index (χ4v) is 3.77. The van der Waals surface area contributed by atoms with Gasteiger partial charge in [-0.05, 0) is 24.7 Å². The average molecular weight is 291 g/mol. The highest BCUT2D eigenvalue weighted by Gasteiger charge is 2.27. The summed E-state index contributed by atoms with van der Waals surface area (Å²) in [6.45, 7) is 7.91. The topological polar surface area (TPSA) is 70.1 Å². The van der Waals surface area contributed by atoms with E-state index in [1.165, 1.54) is 24.7 Å². The standard InChI is InChI=1S/C15H21N3OS/c1-10(19)13-12(17)11(9-16)14(20-13)18-7-4-5-15(2,3)6-8-18/h4-8,17H2,1-3H3. The third-order valence-corrected chi connectivity index (χ3v) is 5.35. The Morgan fingerprint density at radius 1 is 1.40 bits per heavy atom. The van der Waals surface area contributed by atoms with Gasteiger partial charge in [-0.25, -0.2) is 0 Å². The van der Waals surface area contributed by atoms with Crippen LogP contribution < -0.4 is 10.6 Å². The molecule has 2 heterocycles. The van der Waals surface area contributed by atoms with E-state index >= 15 is 0 Å². The van der Waals surface area contributed by atoms with Gasteiger partial charge in [0.05, 0.1) is 10.6 Å². The number of hydrogen-bond acceptors (Lipinski definition) is 5. The molecule has 0 saturated carbocycles. The molecule has 0 atom stereocenters. The lowest BCUT2D eigenvalue weighted by atomic mass is 9.85. The molecule has 1 aromatic heterocycles. The van der Waals surface area contributed by atoms with Gasteiger partial charge in [0, 0.05) is 20.0 Å². The fourth-order valence-electron chi connectivity index (χ4n) is 2.65. The number of carbonyl (C=O) groups is 1. The minimum atomic E-state index is -0.0644. The highest BCUT2D eigenvalue weighted by Crippen LogP contribution is 2.40. The number of nitrogens with two attached hydrogens (primary N) is 1. The van der Waals surface area contributed by atoms with E-state index in [4.69, 9.17) is 5.73 Å². The molecule has 0 unspecified atom stereocenters. The lowest BCUT2D eigenvalue weighted by molar-refractivity contribution is 0.102. The van der Waals surface area contributed by atoms with Crippen molar-refractivity contribution in [3.63, 3.8) is 0 Å². The van der Waals surface area contributed by atoms with Gasteiger partial charge in [0.1, 0.15) is 16.6 Å². The summed E-state index contributed by atoms with van der Waals surface area (Å²) in [7, 11) is 0. The van der Waals surface area contributed by atoms with Crippen LogP contribution >= 0.6 is 11.3 Å². The average Bonchev–Trinajstić information content (AvgIpc) is 2.59. The normalized spacial score (nSPS) is 18.4. The van der Waals surface area contributed by atoms with Crippen LogP contribution in [0.2, 0.25) is 0 Å². The van der Waals surface area contributed by atoms with Crippen LogP contribution in [0.1, 0.15) is 55.3 Å². The van der Waals surface area contributed by atoms with Crippen molar-refractivity contribution in [2.75, 3.05) is 23.7 Å². The summed E-state index contributed by atoms with van der Waals surface area (Å²) < 4.78 is 0. The molecule has 0 bridgehead atoms. The smallest absolute Gasteiger partial charge is 0.171 e. The molecule has 1 aromatic rings. The van der Waals surface area contributed by atoms with Crippen LogP contribution in [0, 0.1) is 16.7 Å². The van der Waals surface area contributed by atoms with Gasteiger partial charge in [0.2, 0.25) is 0 Å². The predicted molar refractivity (Wildman–Crippen MR) is 83.3 cm³/mol. The van der Waals surface area contributed by atoms with Gasteiger partial charge in [-0.1, -0.05) is 13.8 Å². The van der Waals surface area contributed by atoms with Crippen LogP contribution in [0.5, 0.6) is 0 Å². The van der Waals surface area contributed by atoms with Crippen molar-refractivity contribution < 1.29 is 4.79 Å². The van der Waals surface area contributed by atoms with Crippen LogP contribution in [-0.4, -0.2) is 18.9 Å². The molecule has 20 heavy (non-hydrogen) atoms. The van der Waals surface area contributed by atoms with E-state index < -0.39 is 0 Å². The molecular formula is C15H21N3OS. The van der Waals surface area contributed by atoms with E-state index in [0.29, 0.717) is 21.5 Å². The van der Waals surface area contributed by atoms with E-state index in [9.17, 15) is 10.1 Å². The number of thiophene rings is 1. The second-order valence-electron chi connectivity index (χ2n) is 6.20. The number of Topliss-reactive ketones (excluding diaryl/α,β-unsaturated/α-hetero) is 1.